The summed E-state index contributed by atoms with van der Waals surface area (Å²) in [7, 11) is 1.78. The zero-order valence-corrected chi connectivity index (χ0v) is 10.4. The Hall–Kier alpha value is -1.71. The Bertz CT molecular complexity index is 580. The van der Waals surface area contributed by atoms with Crippen LogP contribution < -0.4 is 11.4 Å². The molecular weight excluding hydrogens is 214 g/mol. The molecular formula is C13H19N3O. The predicted octanol–water partition coefficient (Wildman–Crippen LogP) is 2.18. The summed E-state index contributed by atoms with van der Waals surface area (Å²) in [5, 5.41) is 0. The number of nitrogens with two attached hydrogens (primary N) is 1. The predicted molar refractivity (Wildman–Crippen MR) is 71.2 cm³/mol. The summed E-state index contributed by atoms with van der Waals surface area (Å²) in [5.74, 6) is 0. The maximum absolute atomic E-state index is 11.6. The molecule has 0 spiro atoms. The number of hydrogen-bond acceptors (Lipinski definition) is 2. The lowest BCUT2D eigenvalue weighted by Crippen LogP contribution is -2.12. The van der Waals surface area contributed by atoms with Crippen LogP contribution in [-0.4, -0.2) is 9.55 Å². The number of rotatable bonds is 4. The van der Waals surface area contributed by atoms with Gasteiger partial charge >= 0.3 is 5.69 Å². The molecule has 0 aliphatic carbocycles. The van der Waals surface area contributed by atoms with Gasteiger partial charge in [-0.1, -0.05) is 19.8 Å². The van der Waals surface area contributed by atoms with Crippen molar-refractivity contribution in [2.24, 2.45) is 7.05 Å². The van der Waals surface area contributed by atoms with Gasteiger partial charge in [0.1, 0.15) is 0 Å². The highest BCUT2D eigenvalue weighted by molar-refractivity contribution is 5.84. The number of unbranched alkanes of at least 4 members (excludes halogenated alkanes) is 2. The molecule has 4 nitrogen and oxygen atoms in total. The number of aromatic nitrogens is 2. The van der Waals surface area contributed by atoms with E-state index < -0.39 is 0 Å². The summed E-state index contributed by atoms with van der Waals surface area (Å²) in [5.41, 5.74) is 9.64. The fraction of sp³-hybridized carbons (Fsp3) is 0.462. The number of anilines is 1. The summed E-state index contributed by atoms with van der Waals surface area (Å²) < 4.78 is 1.65. The van der Waals surface area contributed by atoms with Crippen LogP contribution in [0.3, 0.4) is 0 Å². The van der Waals surface area contributed by atoms with Gasteiger partial charge in [0.2, 0.25) is 0 Å². The highest BCUT2D eigenvalue weighted by Gasteiger charge is 2.10. The minimum atomic E-state index is -0.0812. The first-order valence-electron chi connectivity index (χ1n) is 6.11. The lowest BCUT2D eigenvalue weighted by atomic mass is 10.0. The van der Waals surface area contributed by atoms with Crippen molar-refractivity contribution in [3.63, 3.8) is 0 Å². The third kappa shape index (κ3) is 2.07. The van der Waals surface area contributed by atoms with Crippen molar-refractivity contribution in [3.8, 4) is 0 Å². The lowest BCUT2D eigenvalue weighted by Gasteiger charge is -2.08. The first-order valence-corrected chi connectivity index (χ1v) is 6.11. The fourth-order valence-corrected chi connectivity index (χ4v) is 2.25. The highest BCUT2D eigenvalue weighted by Crippen LogP contribution is 2.23. The van der Waals surface area contributed by atoms with Crippen molar-refractivity contribution in [2.75, 3.05) is 5.73 Å². The van der Waals surface area contributed by atoms with Gasteiger partial charge in [-0.15, -0.1) is 0 Å². The smallest absolute Gasteiger partial charge is 0.326 e. The van der Waals surface area contributed by atoms with Gasteiger partial charge in [0, 0.05) is 18.3 Å². The van der Waals surface area contributed by atoms with E-state index in [2.05, 4.69) is 11.9 Å². The third-order valence-corrected chi connectivity index (χ3v) is 3.23. The zero-order valence-electron chi connectivity index (χ0n) is 10.4. The Morgan fingerprint density at radius 1 is 1.35 bits per heavy atom. The van der Waals surface area contributed by atoms with Gasteiger partial charge in [-0.2, -0.15) is 0 Å². The number of H-pyrrole nitrogens is 1. The molecule has 0 aliphatic heterocycles. The molecule has 0 aliphatic rings. The zero-order chi connectivity index (χ0) is 12.4. The number of fused-ring (bicyclic) bond motifs is 1. The van der Waals surface area contributed by atoms with E-state index in [-0.39, 0.29) is 5.69 Å². The maximum Gasteiger partial charge on any atom is 0.326 e. The summed E-state index contributed by atoms with van der Waals surface area (Å²) in [6.07, 6.45) is 4.41. The Morgan fingerprint density at radius 2 is 2.12 bits per heavy atom. The second-order valence-electron chi connectivity index (χ2n) is 4.48. The van der Waals surface area contributed by atoms with Crippen LogP contribution in [0.15, 0.2) is 16.9 Å². The molecule has 2 aromatic rings. The van der Waals surface area contributed by atoms with Crippen LogP contribution in [-0.2, 0) is 13.5 Å². The molecule has 0 atom stereocenters. The molecule has 0 unspecified atom stereocenters. The van der Waals surface area contributed by atoms with Crippen molar-refractivity contribution >= 4 is 16.7 Å². The number of nitrogens with zero attached hydrogens (tertiary/aromatic N) is 1. The van der Waals surface area contributed by atoms with Crippen molar-refractivity contribution < 1.29 is 0 Å². The van der Waals surface area contributed by atoms with Crippen molar-refractivity contribution in [3.05, 3.63) is 28.2 Å². The van der Waals surface area contributed by atoms with Gasteiger partial charge in [-0.3, -0.25) is 4.57 Å². The average molecular weight is 233 g/mol. The molecule has 0 radical (unpaired) electrons. The minimum Gasteiger partial charge on any atom is -0.398 e. The summed E-state index contributed by atoms with van der Waals surface area (Å²) >= 11 is 0. The highest BCUT2D eigenvalue weighted by atomic mass is 16.1. The molecule has 1 heterocycles. The fourth-order valence-electron chi connectivity index (χ4n) is 2.25. The van der Waals surface area contributed by atoms with Gasteiger partial charge in [0.05, 0.1) is 11.0 Å². The molecule has 92 valence electrons. The number of benzene rings is 1. The topological polar surface area (TPSA) is 63.8 Å². The van der Waals surface area contributed by atoms with Gasteiger partial charge in [0.25, 0.3) is 0 Å². The van der Waals surface area contributed by atoms with E-state index in [1.807, 2.05) is 12.1 Å². The molecule has 0 saturated carbocycles. The van der Waals surface area contributed by atoms with Crippen molar-refractivity contribution in [1.29, 1.82) is 0 Å². The van der Waals surface area contributed by atoms with Crippen LogP contribution in [0.1, 0.15) is 31.7 Å². The molecule has 0 fully saturated rings. The average Bonchev–Trinajstić information content (AvgIpc) is 2.59. The molecule has 17 heavy (non-hydrogen) atoms. The van der Waals surface area contributed by atoms with Crippen LogP contribution in [0.25, 0.3) is 11.0 Å². The second-order valence-corrected chi connectivity index (χ2v) is 4.48. The number of aryl methyl sites for hydroxylation is 2. The lowest BCUT2D eigenvalue weighted by molar-refractivity contribution is 0.718. The summed E-state index contributed by atoms with van der Waals surface area (Å²) in [6.45, 7) is 2.18. The van der Waals surface area contributed by atoms with Gasteiger partial charge < -0.3 is 10.7 Å². The van der Waals surface area contributed by atoms with E-state index in [9.17, 15) is 4.79 Å². The largest absolute Gasteiger partial charge is 0.398 e. The first-order chi connectivity index (χ1) is 8.15. The Labute approximate surface area is 100 Å². The number of aromatic amines is 1. The monoisotopic (exact) mass is 233 g/mol. The second kappa shape index (κ2) is 4.65. The van der Waals surface area contributed by atoms with Crippen LogP contribution in [0.4, 0.5) is 5.69 Å². The maximum atomic E-state index is 11.6. The van der Waals surface area contributed by atoms with E-state index in [0.717, 1.165) is 35.1 Å². The van der Waals surface area contributed by atoms with Crippen LogP contribution in [0.5, 0.6) is 0 Å². The Kier molecular flexibility index (Phi) is 3.22. The van der Waals surface area contributed by atoms with Crippen LogP contribution >= 0.6 is 0 Å². The number of nitrogen functional groups attached to an aromatic ring is 1. The molecule has 1 aromatic heterocycles. The van der Waals surface area contributed by atoms with Gasteiger partial charge in [-0.25, -0.2) is 4.79 Å². The number of imidazole rings is 1. The Morgan fingerprint density at radius 3 is 2.82 bits per heavy atom. The summed E-state index contributed by atoms with van der Waals surface area (Å²) in [4.78, 5) is 14.4. The molecule has 0 bridgehead atoms. The third-order valence-electron chi connectivity index (χ3n) is 3.23. The molecule has 4 heteroatoms. The number of nitrogens with one attached hydrogen (secondary N) is 1. The molecule has 3 N–H and O–H groups in total. The van der Waals surface area contributed by atoms with Crippen LogP contribution in [0, 0.1) is 0 Å². The Balaban J connectivity index is 2.51. The molecule has 0 saturated heterocycles. The molecule has 0 amide bonds. The standard InChI is InChI=1S/C13H19N3O/c1-3-4-5-6-9-10(14)7-8-11-12(9)16(2)13(17)15-11/h7-8H,3-6,14H2,1-2H3,(H,15,17). The van der Waals surface area contributed by atoms with E-state index >= 15 is 0 Å². The molecule has 1 aromatic carbocycles. The number of hydrogen-bond donors (Lipinski definition) is 2. The van der Waals surface area contributed by atoms with E-state index in [1.165, 1.54) is 12.8 Å². The first kappa shape index (κ1) is 11.8. The van der Waals surface area contributed by atoms with Crippen molar-refractivity contribution in [2.45, 2.75) is 32.6 Å². The van der Waals surface area contributed by atoms with Crippen LogP contribution in [0.2, 0.25) is 0 Å². The van der Waals surface area contributed by atoms with Gasteiger partial charge in [-0.05, 0) is 25.0 Å². The minimum absolute atomic E-state index is 0.0812. The summed E-state index contributed by atoms with van der Waals surface area (Å²) in [6, 6.07) is 3.74. The molecule has 2 rings (SSSR count). The van der Waals surface area contributed by atoms with E-state index in [4.69, 9.17) is 5.73 Å². The normalized spacial score (nSPS) is 11.2. The SMILES string of the molecule is CCCCCc1c(N)ccc2[nH]c(=O)n(C)c12. The quantitative estimate of drug-likeness (QED) is 0.628. The van der Waals surface area contributed by atoms with E-state index in [1.54, 1.807) is 11.6 Å². The van der Waals surface area contributed by atoms with Crippen molar-refractivity contribution in [1.82, 2.24) is 9.55 Å². The van der Waals surface area contributed by atoms with Gasteiger partial charge in [0.15, 0.2) is 0 Å². The van der Waals surface area contributed by atoms with E-state index in [0.29, 0.717) is 0 Å².